The van der Waals surface area contributed by atoms with E-state index in [4.69, 9.17) is 14.4 Å². The van der Waals surface area contributed by atoms with Gasteiger partial charge < -0.3 is 14.2 Å². The van der Waals surface area contributed by atoms with Gasteiger partial charge in [-0.2, -0.15) is 5.10 Å². The van der Waals surface area contributed by atoms with Gasteiger partial charge in [-0.15, -0.1) is 13.2 Å². The molecule has 2 aromatic heterocycles. The summed E-state index contributed by atoms with van der Waals surface area (Å²) in [6.45, 7) is 8.06. The Kier molecular flexibility index (Phi) is 8.97. The van der Waals surface area contributed by atoms with Crippen LogP contribution in [-0.4, -0.2) is 40.6 Å². The normalized spacial score (nSPS) is 17.5. The van der Waals surface area contributed by atoms with Crippen LogP contribution in [0.15, 0.2) is 54.1 Å². The minimum absolute atomic E-state index is 0.0289. The average Bonchev–Trinajstić information content (AvgIpc) is 3.92. The van der Waals surface area contributed by atoms with Crippen molar-refractivity contribution in [2.75, 3.05) is 24.7 Å². The number of amides is 1. The van der Waals surface area contributed by atoms with E-state index in [1.807, 2.05) is 11.0 Å². The van der Waals surface area contributed by atoms with Crippen LogP contribution in [0.1, 0.15) is 86.8 Å². The molecule has 208 valence electrons. The van der Waals surface area contributed by atoms with Gasteiger partial charge in [-0.25, -0.2) is 0 Å². The molecule has 3 aromatic rings. The van der Waals surface area contributed by atoms with Gasteiger partial charge >= 0.3 is 0 Å². The van der Waals surface area contributed by atoms with E-state index in [9.17, 15) is 4.79 Å². The summed E-state index contributed by atoms with van der Waals surface area (Å²) < 4.78 is 13.2. The summed E-state index contributed by atoms with van der Waals surface area (Å²) in [5.74, 6) is 2.45. The van der Waals surface area contributed by atoms with Crippen molar-refractivity contribution < 1.29 is 14.1 Å². The number of hydrogen-bond acceptors (Lipinski definition) is 5. The van der Waals surface area contributed by atoms with Gasteiger partial charge in [0.2, 0.25) is 5.91 Å². The third-order valence-corrected chi connectivity index (χ3v) is 8.10. The molecule has 3 heterocycles. The number of ether oxygens (including phenoxy) is 1. The highest BCUT2D eigenvalue weighted by Gasteiger charge is 2.30. The lowest BCUT2D eigenvalue weighted by Crippen LogP contribution is -2.39. The van der Waals surface area contributed by atoms with Crippen LogP contribution in [-0.2, 0) is 23.0 Å². The Bertz CT molecular complexity index is 1230. The van der Waals surface area contributed by atoms with Gasteiger partial charge in [-0.1, -0.05) is 23.7 Å². The Hall–Kier alpha value is -3.19. The van der Waals surface area contributed by atoms with Gasteiger partial charge in [0.15, 0.2) is 0 Å². The van der Waals surface area contributed by atoms with Crippen molar-refractivity contribution in [3.05, 3.63) is 66.7 Å². The Morgan fingerprint density at radius 2 is 1.77 bits per heavy atom. The topological polar surface area (TPSA) is 73.4 Å². The van der Waals surface area contributed by atoms with Crippen molar-refractivity contribution in [2.24, 2.45) is 13.0 Å². The predicted octanol–water partition coefficient (Wildman–Crippen LogP) is 6.80. The Morgan fingerprint density at radius 3 is 2.51 bits per heavy atom. The summed E-state index contributed by atoms with van der Waals surface area (Å²) in [7, 11) is 2.06. The van der Waals surface area contributed by atoms with Gasteiger partial charge in [0.1, 0.15) is 11.5 Å². The van der Waals surface area contributed by atoms with E-state index in [-0.39, 0.29) is 11.8 Å². The van der Waals surface area contributed by atoms with Crippen LogP contribution in [0.5, 0.6) is 0 Å². The first-order valence-corrected chi connectivity index (χ1v) is 14.6. The van der Waals surface area contributed by atoms with Crippen LogP contribution < -0.4 is 4.90 Å². The molecule has 0 N–H and O–H groups in total. The fourth-order valence-electron chi connectivity index (χ4n) is 5.45. The molecule has 6 rings (SSSR count). The minimum atomic E-state index is 0.0289. The number of carbonyl (C=O) groups excluding carboxylic acids is 1. The van der Waals surface area contributed by atoms with Crippen molar-refractivity contribution in [1.29, 1.82) is 0 Å². The van der Waals surface area contributed by atoms with Gasteiger partial charge in [0.05, 0.1) is 5.69 Å². The Labute approximate surface area is 232 Å². The van der Waals surface area contributed by atoms with Crippen molar-refractivity contribution in [1.82, 2.24) is 14.9 Å². The number of rotatable bonds is 11. The van der Waals surface area contributed by atoms with Crippen molar-refractivity contribution >= 4 is 11.6 Å². The number of nitrogens with zero attached hydrogens (tertiary/aromatic N) is 4. The number of benzene rings is 1. The van der Waals surface area contributed by atoms with E-state index in [1.165, 1.54) is 37.1 Å². The maximum atomic E-state index is 13.7. The molecule has 1 saturated heterocycles. The first-order chi connectivity index (χ1) is 19.2. The summed E-state index contributed by atoms with van der Waals surface area (Å²) in [5, 5.41) is 9.02. The van der Waals surface area contributed by atoms with Gasteiger partial charge in [0.25, 0.3) is 0 Å². The third kappa shape index (κ3) is 6.88. The molecule has 2 saturated carbocycles. The number of aromatic nitrogens is 3. The first-order valence-electron chi connectivity index (χ1n) is 14.6. The molecular formula is C32H42N4O3. The maximum absolute atomic E-state index is 13.7. The molecule has 2 aliphatic carbocycles. The molecule has 7 nitrogen and oxygen atoms in total. The molecule has 7 heteroatoms. The zero-order valence-electron chi connectivity index (χ0n) is 23.3. The fraction of sp³-hybridized carbons (Fsp3) is 0.531. The molecule has 0 unspecified atom stereocenters. The van der Waals surface area contributed by atoms with E-state index in [0.717, 1.165) is 67.8 Å². The van der Waals surface area contributed by atoms with Crippen LogP contribution in [0, 0.1) is 5.92 Å². The lowest BCUT2D eigenvalue weighted by atomic mass is 9.97. The van der Waals surface area contributed by atoms with Crippen LogP contribution >= 0.6 is 0 Å². The van der Waals surface area contributed by atoms with Gasteiger partial charge in [-0.05, 0) is 76.0 Å². The standard InChI is InChI=1S/C30H38N4O3.C2H4/c1-33-25(19-27(31-33)21-9-10-21)7-3-2-4-15-34(30(35)23-13-16-36-17-14-23)26-8-5-6-24(18-26)28-20-29(37-32-28)22-11-12-22;1-2/h5-6,8,18-23H,2-4,7,9-17H2,1H3;1-2H2. The summed E-state index contributed by atoms with van der Waals surface area (Å²) in [4.78, 5) is 15.7. The monoisotopic (exact) mass is 530 g/mol. The van der Waals surface area contributed by atoms with E-state index in [0.29, 0.717) is 25.0 Å². The number of anilines is 1. The quantitative estimate of drug-likeness (QED) is 0.201. The maximum Gasteiger partial charge on any atom is 0.230 e. The molecule has 39 heavy (non-hydrogen) atoms. The zero-order valence-corrected chi connectivity index (χ0v) is 23.3. The molecule has 0 radical (unpaired) electrons. The highest BCUT2D eigenvalue weighted by Crippen LogP contribution is 2.41. The van der Waals surface area contributed by atoms with Gasteiger partial charge in [-0.3, -0.25) is 9.48 Å². The summed E-state index contributed by atoms with van der Waals surface area (Å²) in [6, 6.07) is 12.6. The smallest absolute Gasteiger partial charge is 0.230 e. The second-order valence-electron chi connectivity index (χ2n) is 11.1. The Morgan fingerprint density at radius 1 is 1.00 bits per heavy atom. The second kappa shape index (κ2) is 12.8. The molecule has 0 bridgehead atoms. The molecule has 1 aromatic carbocycles. The van der Waals surface area contributed by atoms with Crippen molar-refractivity contribution in [2.45, 2.75) is 76.0 Å². The summed E-state index contributed by atoms with van der Waals surface area (Å²) in [6.07, 6.45) is 10.7. The molecule has 3 aliphatic rings. The van der Waals surface area contributed by atoms with Crippen LogP contribution in [0.3, 0.4) is 0 Å². The average molecular weight is 531 g/mol. The highest BCUT2D eigenvalue weighted by molar-refractivity contribution is 5.95. The molecule has 0 atom stereocenters. The fourth-order valence-corrected chi connectivity index (χ4v) is 5.45. The van der Waals surface area contributed by atoms with Crippen LogP contribution in [0.25, 0.3) is 11.3 Å². The number of hydrogen-bond donors (Lipinski definition) is 0. The van der Waals surface area contributed by atoms with E-state index < -0.39 is 0 Å². The molecule has 1 amide bonds. The molecule has 0 spiro atoms. The van der Waals surface area contributed by atoms with E-state index >= 15 is 0 Å². The zero-order chi connectivity index (χ0) is 27.2. The predicted molar refractivity (Wildman–Crippen MR) is 154 cm³/mol. The largest absolute Gasteiger partial charge is 0.381 e. The van der Waals surface area contributed by atoms with E-state index in [1.54, 1.807) is 0 Å². The Balaban J connectivity index is 0.00000151. The summed E-state index contributed by atoms with van der Waals surface area (Å²) in [5.41, 5.74) is 5.39. The minimum Gasteiger partial charge on any atom is -0.381 e. The number of unbranched alkanes of at least 4 members (excludes halogenated alkanes) is 2. The molecule has 3 fully saturated rings. The van der Waals surface area contributed by atoms with Crippen molar-refractivity contribution in [3.63, 3.8) is 0 Å². The number of aryl methyl sites for hydroxylation is 2. The SMILES string of the molecule is C=C.Cn1nc(C2CC2)cc1CCCCCN(C(=O)C1CCOCC1)c1cccc(-c2cc(C3CC3)on2)c1. The van der Waals surface area contributed by atoms with Crippen LogP contribution in [0.4, 0.5) is 5.69 Å². The lowest BCUT2D eigenvalue weighted by molar-refractivity contribution is -0.125. The van der Waals surface area contributed by atoms with Crippen LogP contribution in [0.2, 0.25) is 0 Å². The lowest BCUT2D eigenvalue weighted by Gasteiger charge is -2.30. The first kappa shape index (κ1) is 27.4. The van der Waals surface area contributed by atoms with Crippen molar-refractivity contribution in [3.8, 4) is 11.3 Å². The van der Waals surface area contributed by atoms with E-state index in [2.05, 4.69) is 60.4 Å². The second-order valence-corrected chi connectivity index (χ2v) is 11.1. The molecule has 1 aliphatic heterocycles. The highest BCUT2D eigenvalue weighted by atomic mass is 16.5. The van der Waals surface area contributed by atoms with Gasteiger partial charge in [0, 0.05) is 67.6 Å². The number of carbonyl (C=O) groups is 1. The third-order valence-electron chi connectivity index (χ3n) is 8.10. The summed E-state index contributed by atoms with van der Waals surface area (Å²) >= 11 is 0. The molecular weight excluding hydrogens is 488 g/mol.